The number of piperidine rings is 1. The van der Waals surface area contributed by atoms with Crippen LogP contribution >= 0.6 is 0 Å². The number of ether oxygens (including phenoxy) is 3. The van der Waals surface area contributed by atoms with E-state index in [1.807, 2.05) is 6.92 Å². The van der Waals surface area contributed by atoms with E-state index in [1.165, 1.54) is 12.1 Å². The van der Waals surface area contributed by atoms with Crippen molar-refractivity contribution in [3.63, 3.8) is 0 Å². The van der Waals surface area contributed by atoms with Crippen molar-refractivity contribution in [2.24, 2.45) is 5.41 Å². The van der Waals surface area contributed by atoms with Gasteiger partial charge in [0.25, 0.3) is 0 Å². The van der Waals surface area contributed by atoms with E-state index in [4.69, 9.17) is 19.2 Å². The van der Waals surface area contributed by atoms with E-state index in [0.717, 1.165) is 78.1 Å². The molecule has 0 bridgehead atoms. The Hall–Kier alpha value is -3.67. The van der Waals surface area contributed by atoms with Crippen molar-refractivity contribution in [1.29, 1.82) is 0 Å². The Morgan fingerprint density at radius 3 is 2.59 bits per heavy atom. The molecule has 0 amide bonds. The van der Waals surface area contributed by atoms with Gasteiger partial charge in [-0.05, 0) is 66.6 Å². The first-order valence-corrected chi connectivity index (χ1v) is 16.5. The van der Waals surface area contributed by atoms with Crippen molar-refractivity contribution >= 4 is 27.5 Å². The fourth-order valence-electron chi connectivity index (χ4n) is 7.51. The third-order valence-corrected chi connectivity index (χ3v) is 10.3. The smallest absolute Gasteiger partial charge is 0.319 e. The molecule has 1 atom stereocenters. The Labute approximate surface area is 266 Å². The molecule has 2 aromatic heterocycles. The average Bonchev–Trinajstić information content (AvgIpc) is 3.82. The Kier molecular flexibility index (Phi) is 7.45. The predicted molar refractivity (Wildman–Crippen MR) is 170 cm³/mol. The standard InChI is InChI=1S/C35H39F2N5O4/c1-2-24-27(36)5-4-22-16-23(43)17-25(28(22)24)30-29(37)31-26(18-38-30)32(42-10-3-6-35(20-42)9-13-46-35)40-33(39-31)45-21-34(7-8-34)19-41-11-14-44-15-12-41/h4-5,16-18,43H,2-3,6-15,19-21H2,1H3. The van der Waals surface area contributed by atoms with E-state index in [-0.39, 0.29) is 39.8 Å². The maximum atomic E-state index is 16.9. The number of morpholine rings is 1. The molecule has 1 spiro atoms. The number of benzene rings is 2. The zero-order chi connectivity index (χ0) is 31.5. The fraction of sp³-hybridized carbons (Fsp3) is 0.514. The molecule has 5 heterocycles. The minimum Gasteiger partial charge on any atom is -0.508 e. The Bertz CT molecular complexity index is 1810. The molecular weight excluding hydrogens is 592 g/mol. The highest BCUT2D eigenvalue weighted by Gasteiger charge is 2.46. The summed E-state index contributed by atoms with van der Waals surface area (Å²) in [4.78, 5) is 18.7. The lowest BCUT2D eigenvalue weighted by molar-refractivity contribution is -0.151. The first-order valence-electron chi connectivity index (χ1n) is 16.5. The van der Waals surface area contributed by atoms with Gasteiger partial charge in [-0.1, -0.05) is 13.0 Å². The van der Waals surface area contributed by atoms with Crippen molar-refractivity contribution in [3.05, 3.63) is 47.7 Å². The minimum absolute atomic E-state index is 0.00674. The maximum Gasteiger partial charge on any atom is 0.319 e. The molecule has 46 heavy (non-hydrogen) atoms. The third-order valence-electron chi connectivity index (χ3n) is 10.3. The van der Waals surface area contributed by atoms with Crippen LogP contribution in [0.1, 0.15) is 44.6 Å². The Balaban J connectivity index is 1.22. The van der Waals surface area contributed by atoms with Crippen LogP contribution in [-0.4, -0.2) is 89.7 Å². The number of aromatic nitrogens is 3. The van der Waals surface area contributed by atoms with Crippen LogP contribution in [-0.2, 0) is 15.9 Å². The second-order valence-corrected chi connectivity index (χ2v) is 13.5. The highest BCUT2D eigenvalue weighted by atomic mass is 19.1. The van der Waals surface area contributed by atoms with Gasteiger partial charge in [-0.15, -0.1) is 0 Å². The first-order chi connectivity index (χ1) is 22.4. The number of phenolic OH excluding ortho intramolecular Hbond substituents is 1. The number of hydrogen-bond acceptors (Lipinski definition) is 9. The van der Waals surface area contributed by atoms with E-state index in [9.17, 15) is 9.50 Å². The summed E-state index contributed by atoms with van der Waals surface area (Å²) in [6.07, 6.45) is 7.00. The van der Waals surface area contributed by atoms with Crippen molar-refractivity contribution in [2.45, 2.75) is 51.0 Å². The molecule has 1 aliphatic carbocycles. The molecule has 9 nitrogen and oxygen atoms in total. The number of aromatic hydroxyl groups is 1. The molecule has 0 radical (unpaired) electrons. The van der Waals surface area contributed by atoms with Crippen LogP contribution in [0.3, 0.4) is 0 Å². The number of anilines is 1. The molecule has 8 rings (SSSR count). The van der Waals surface area contributed by atoms with Gasteiger partial charge in [0.2, 0.25) is 0 Å². The second-order valence-electron chi connectivity index (χ2n) is 13.5. The summed E-state index contributed by atoms with van der Waals surface area (Å²) in [5.41, 5.74) is 0.648. The fourth-order valence-corrected chi connectivity index (χ4v) is 7.51. The van der Waals surface area contributed by atoms with Crippen molar-refractivity contribution in [1.82, 2.24) is 19.9 Å². The van der Waals surface area contributed by atoms with Gasteiger partial charge < -0.3 is 24.2 Å². The number of halogens is 2. The lowest BCUT2D eigenvalue weighted by atomic mass is 9.86. The highest BCUT2D eigenvalue weighted by Crippen LogP contribution is 2.47. The van der Waals surface area contributed by atoms with Crippen LogP contribution in [0.5, 0.6) is 11.8 Å². The molecule has 2 aromatic carbocycles. The van der Waals surface area contributed by atoms with Gasteiger partial charge in [-0.3, -0.25) is 9.88 Å². The minimum atomic E-state index is -0.662. The topological polar surface area (TPSA) is 93.1 Å². The average molecular weight is 632 g/mol. The number of hydrogen-bond donors (Lipinski definition) is 1. The number of nitrogens with zero attached hydrogens (tertiary/aromatic N) is 5. The van der Waals surface area contributed by atoms with Crippen LogP contribution in [0.25, 0.3) is 32.9 Å². The van der Waals surface area contributed by atoms with Gasteiger partial charge in [-0.25, -0.2) is 8.78 Å². The highest BCUT2D eigenvalue weighted by molar-refractivity contribution is 6.01. The molecule has 1 unspecified atom stereocenters. The Morgan fingerprint density at radius 1 is 1.02 bits per heavy atom. The molecule has 1 saturated carbocycles. The lowest BCUT2D eigenvalue weighted by Gasteiger charge is -2.48. The third kappa shape index (κ3) is 5.32. The van der Waals surface area contributed by atoms with Gasteiger partial charge in [0, 0.05) is 56.3 Å². The summed E-state index contributed by atoms with van der Waals surface area (Å²) >= 11 is 0. The van der Waals surface area contributed by atoms with Gasteiger partial charge in [-0.2, -0.15) is 9.97 Å². The zero-order valence-corrected chi connectivity index (χ0v) is 26.2. The van der Waals surface area contributed by atoms with Crippen molar-refractivity contribution in [2.75, 3.05) is 64.1 Å². The number of phenols is 1. The molecule has 4 aliphatic rings. The van der Waals surface area contributed by atoms with Crippen molar-refractivity contribution in [3.8, 4) is 23.0 Å². The van der Waals surface area contributed by atoms with Crippen LogP contribution in [0.2, 0.25) is 0 Å². The van der Waals surface area contributed by atoms with Crippen LogP contribution in [0, 0.1) is 17.0 Å². The quantitative estimate of drug-likeness (QED) is 0.265. The Morgan fingerprint density at radius 2 is 1.85 bits per heavy atom. The molecule has 242 valence electrons. The molecule has 4 fully saturated rings. The molecule has 3 aliphatic heterocycles. The van der Waals surface area contributed by atoms with Crippen LogP contribution in [0.15, 0.2) is 30.5 Å². The first kappa shape index (κ1) is 29.7. The number of aryl methyl sites for hydroxylation is 1. The molecule has 11 heteroatoms. The van der Waals surface area contributed by atoms with E-state index >= 15 is 4.39 Å². The largest absolute Gasteiger partial charge is 0.508 e. The van der Waals surface area contributed by atoms with E-state index in [1.54, 1.807) is 18.3 Å². The summed E-state index contributed by atoms with van der Waals surface area (Å²) in [7, 11) is 0. The number of pyridine rings is 1. The lowest BCUT2D eigenvalue weighted by Crippen LogP contribution is -2.56. The van der Waals surface area contributed by atoms with Gasteiger partial charge in [0.05, 0.1) is 37.4 Å². The summed E-state index contributed by atoms with van der Waals surface area (Å²) in [6.45, 7) is 8.66. The second kappa shape index (κ2) is 11.5. The molecule has 1 N–H and O–H groups in total. The molecule has 4 aromatic rings. The van der Waals surface area contributed by atoms with E-state index < -0.39 is 5.82 Å². The van der Waals surface area contributed by atoms with E-state index in [0.29, 0.717) is 52.7 Å². The summed E-state index contributed by atoms with van der Waals surface area (Å²) < 4.78 is 49.7. The zero-order valence-electron chi connectivity index (χ0n) is 26.2. The normalized spacial score (nSPS) is 22.8. The van der Waals surface area contributed by atoms with Gasteiger partial charge >= 0.3 is 6.01 Å². The molecule has 3 saturated heterocycles. The van der Waals surface area contributed by atoms with Crippen LogP contribution < -0.4 is 9.64 Å². The predicted octanol–water partition coefficient (Wildman–Crippen LogP) is 5.64. The molecular formula is C35H39F2N5O4. The summed E-state index contributed by atoms with van der Waals surface area (Å²) in [5, 5.41) is 12.2. The summed E-state index contributed by atoms with van der Waals surface area (Å²) in [5.74, 6) is -0.525. The van der Waals surface area contributed by atoms with Crippen molar-refractivity contribution < 1.29 is 28.1 Å². The van der Waals surface area contributed by atoms with E-state index in [2.05, 4.69) is 19.8 Å². The maximum absolute atomic E-state index is 16.9. The monoisotopic (exact) mass is 631 g/mol. The van der Waals surface area contributed by atoms with Gasteiger partial charge in [0.1, 0.15) is 28.6 Å². The number of fused-ring (bicyclic) bond motifs is 2. The SMILES string of the molecule is CCc1c(F)ccc2cc(O)cc(-c3ncc4c(N5CCCC6(CCO6)C5)nc(OCC5(CN6CCOCC6)CC5)nc4c3F)c12. The summed E-state index contributed by atoms with van der Waals surface area (Å²) in [6, 6.07) is 6.10. The van der Waals surface area contributed by atoms with Crippen LogP contribution in [0.4, 0.5) is 14.6 Å². The van der Waals surface area contributed by atoms with Gasteiger partial charge in [0.15, 0.2) is 5.82 Å². The number of rotatable bonds is 8.